The zero-order valence-electron chi connectivity index (χ0n) is 15.1. The van der Waals surface area contributed by atoms with E-state index in [1.54, 1.807) is 22.6 Å². The van der Waals surface area contributed by atoms with E-state index < -0.39 is 0 Å². The van der Waals surface area contributed by atoms with Crippen molar-refractivity contribution in [2.24, 2.45) is 0 Å². The first-order valence-electron chi connectivity index (χ1n) is 8.95. The number of hydrogen-bond acceptors (Lipinski definition) is 4. The number of hydrogen-bond donors (Lipinski definition) is 0. The summed E-state index contributed by atoms with van der Waals surface area (Å²) < 4.78 is 7.20. The lowest BCUT2D eigenvalue weighted by molar-refractivity contribution is 0.481. The second-order valence-electron chi connectivity index (χ2n) is 6.86. The highest BCUT2D eigenvalue weighted by Crippen LogP contribution is 2.32. The van der Waals surface area contributed by atoms with Crippen molar-refractivity contribution >= 4 is 11.8 Å². The Hall–Kier alpha value is -2.27. The molecule has 3 aromatic rings. The summed E-state index contributed by atoms with van der Waals surface area (Å²) in [5.41, 5.74) is 6.05. The third kappa shape index (κ3) is 3.36. The van der Waals surface area contributed by atoms with Gasteiger partial charge in [-0.1, -0.05) is 23.8 Å². The second-order valence-corrected chi connectivity index (χ2v) is 7.83. The summed E-state index contributed by atoms with van der Waals surface area (Å²) >= 11 is 1.68. The van der Waals surface area contributed by atoms with Crippen molar-refractivity contribution < 1.29 is 4.42 Å². The van der Waals surface area contributed by atoms with E-state index in [1.807, 2.05) is 12.1 Å². The van der Waals surface area contributed by atoms with Crippen molar-refractivity contribution in [2.45, 2.75) is 50.4 Å². The van der Waals surface area contributed by atoms with E-state index >= 15 is 0 Å². The molecule has 0 radical (unpaired) electrons. The third-order valence-electron chi connectivity index (χ3n) is 4.96. The van der Waals surface area contributed by atoms with Crippen LogP contribution in [0.2, 0.25) is 0 Å². The van der Waals surface area contributed by atoms with Crippen molar-refractivity contribution in [3.63, 3.8) is 0 Å². The van der Waals surface area contributed by atoms with Crippen LogP contribution in [0.4, 0.5) is 0 Å². The quantitative estimate of drug-likeness (QED) is 0.499. The number of aryl methyl sites for hydroxylation is 2. The highest BCUT2D eigenvalue weighted by molar-refractivity contribution is 7.98. The Balaban J connectivity index is 1.63. The van der Waals surface area contributed by atoms with Gasteiger partial charge >= 0.3 is 5.69 Å². The molecule has 5 heteroatoms. The van der Waals surface area contributed by atoms with E-state index in [0.717, 1.165) is 41.5 Å². The van der Waals surface area contributed by atoms with Gasteiger partial charge in [0.1, 0.15) is 10.8 Å². The molecule has 26 heavy (non-hydrogen) atoms. The average molecular weight is 366 g/mol. The van der Waals surface area contributed by atoms with E-state index in [9.17, 15) is 4.79 Å². The van der Waals surface area contributed by atoms with Gasteiger partial charge in [-0.3, -0.25) is 4.57 Å². The monoisotopic (exact) mass is 366 g/mol. The summed E-state index contributed by atoms with van der Waals surface area (Å²) in [6, 6.07) is 10.3. The molecule has 0 saturated heterocycles. The van der Waals surface area contributed by atoms with Crippen molar-refractivity contribution in [3.05, 3.63) is 80.8 Å². The lowest BCUT2D eigenvalue weighted by Crippen LogP contribution is -2.27. The Labute approximate surface area is 157 Å². The van der Waals surface area contributed by atoms with Gasteiger partial charge in [0.15, 0.2) is 0 Å². The number of aromatic nitrogens is 2. The first kappa shape index (κ1) is 17.2. The Morgan fingerprint density at radius 2 is 2.12 bits per heavy atom. The molecule has 0 spiro atoms. The molecule has 0 unspecified atom stereocenters. The molecule has 0 bridgehead atoms. The van der Waals surface area contributed by atoms with Crippen molar-refractivity contribution in [1.82, 2.24) is 9.55 Å². The van der Waals surface area contributed by atoms with Gasteiger partial charge in [0, 0.05) is 17.0 Å². The number of furan rings is 1. The van der Waals surface area contributed by atoms with Crippen LogP contribution < -0.4 is 5.69 Å². The maximum absolute atomic E-state index is 12.7. The average Bonchev–Trinajstić information content (AvgIpc) is 3.30. The minimum atomic E-state index is -0.175. The van der Waals surface area contributed by atoms with E-state index in [0.29, 0.717) is 6.54 Å². The van der Waals surface area contributed by atoms with Gasteiger partial charge in [-0.15, -0.1) is 11.8 Å². The van der Waals surface area contributed by atoms with Gasteiger partial charge in [0.05, 0.1) is 12.8 Å². The largest absolute Gasteiger partial charge is 0.467 e. The minimum absolute atomic E-state index is 0.175. The molecule has 0 fully saturated rings. The van der Waals surface area contributed by atoms with Gasteiger partial charge in [-0.05, 0) is 56.4 Å². The smallest absolute Gasteiger partial charge is 0.349 e. The fraction of sp³-hybridized carbons (Fsp3) is 0.333. The molecule has 0 N–H and O–H groups in total. The molecule has 0 saturated carbocycles. The summed E-state index contributed by atoms with van der Waals surface area (Å²) in [6.07, 6.45) is 4.65. The van der Waals surface area contributed by atoms with Crippen LogP contribution in [0.5, 0.6) is 0 Å². The van der Waals surface area contributed by atoms with Gasteiger partial charge in [0.25, 0.3) is 0 Å². The minimum Gasteiger partial charge on any atom is -0.467 e. The highest BCUT2D eigenvalue weighted by Gasteiger charge is 2.22. The van der Waals surface area contributed by atoms with E-state index in [2.05, 4.69) is 37.0 Å². The molecule has 1 aromatic carbocycles. The first-order chi connectivity index (χ1) is 12.6. The molecule has 2 heterocycles. The first-order valence-corrected chi connectivity index (χ1v) is 9.94. The molecule has 4 nitrogen and oxygen atoms in total. The molecule has 0 atom stereocenters. The van der Waals surface area contributed by atoms with Crippen LogP contribution in [-0.2, 0) is 25.1 Å². The van der Waals surface area contributed by atoms with Crippen LogP contribution in [-0.4, -0.2) is 9.55 Å². The molecule has 0 aliphatic heterocycles. The van der Waals surface area contributed by atoms with Crippen LogP contribution in [0.25, 0.3) is 0 Å². The summed E-state index contributed by atoms with van der Waals surface area (Å²) in [5, 5.41) is 0.902. The van der Waals surface area contributed by atoms with Gasteiger partial charge in [-0.2, -0.15) is 4.98 Å². The molecule has 0 amide bonds. The lowest BCUT2D eigenvalue weighted by Gasteiger charge is -2.14. The molecular weight excluding hydrogens is 344 g/mol. The summed E-state index contributed by atoms with van der Waals surface area (Å²) in [5.74, 6) is 1.63. The molecule has 1 aliphatic carbocycles. The fourth-order valence-corrected chi connectivity index (χ4v) is 4.67. The van der Waals surface area contributed by atoms with Crippen molar-refractivity contribution in [2.75, 3.05) is 0 Å². The van der Waals surface area contributed by atoms with E-state index in [1.165, 1.54) is 22.3 Å². The number of nitrogens with zero attached hydrogens (tertiary/aromatic N) is 2. The third-order valence-corrected chi connectivity index (χ3v) is 6.03. The van der Waals surface area contributed by atoms with Crippen LogP contribution in [0.15, 0.2) is 50.8 Å². The summed E-state index contributed by atoms with van der Waals surface area (Å²) in [6.45, 7) is 4.71. The van der Waals surface area contributed by atoms with Crippen LogP contribution in [0.1, 0.15) is 40.1 Å². The van der Waals surface area contributed by atoms with Crippen LogP contribution >= 0.6 is 11.8 Å². The molecule has 134 valence electrons. The number of rotatable bonds is 5. The number of thioether (sulfide) groups is 1. The van der Waals surface area contributed by atoms with Gasteiger partial charge < -0.3 is 4.42 Å². The number of benzene rings is 1. The fourth-order valence-electron chi connectivity index (χ4n) is 3.53. The van der Waals surface area contributed by atoms with Crippen LogP contribution in [0.3, 0.4) is 0 Å². The van der Waals surface area contributed by atoms with Gasteiger partial charge in [0.2, 0.25) is 0 Å². The van der Waals surface area contributed by atoms with Crippen LogP contribution in [0, 0.1) is 13.8 Å². The molecule has 2 aromatic heterocycles. The predicted octanol–water partition coefficient (Wildman–Crippen LogP) is 4.28. The zero-order valence-corrected chi connectivity index (χ0v) is 15.9. The number of fused-ring (bicyclic) bond motifs is 1. The molecule has 4 rings (SSSR count). The Bertz CT molecular complexity index is 990. The molecular formula is C21H22N2O2S. The maximum Gasteiger partial charge on any atom is 0.349 e. The highest BCUT2D eigenvalue weighted by atomic mass is 32.2. The van der Waals surface area contributed by atoms with Crippen molar-refractivity contribution in [3.8, 4) is 0 Å². The summed E-state index contributed by atoms with van der Waals surface area (Å²) in [4.78, 5) is 17.1. The van der Waals surface area contributed by atoms with E-state index in [4.69, 9.17) is 4.42 Å². The zero-order chi connectivity index (χ0) is 18.1. The van der Waals surface area contributed by atoms with E-state index in [-0.39, 0.29) is 5.69 Å². The molecule has 1 aliphatic rings. The Morgan fingerprint density at radius 3 is 2.92 bits per heavy atom. The lowest BCUT2D eigenvalue weighted by atomic mass is 10.1. The standard InChI is InChI=1S/C21H22N2O2S/c1-14-8-9-15(2)16(11-14)13-26-20-18-6-3-7-19(18)23(21(24)22-20)12-17-5-4-10-25-17/h4-5,8-11H,3,6-7,12-13H2,1-2H3. The normalized spacial score (nSPS) is 13.2. The second kappa shape index (κ2) is 7.16. The summed E-state index contributed by atoms with van der Waals surface area (Å²) in [7, 11) is 0. The van der Waals surface area contributed by atoms with Gasteiger partial charge in [-0.25, -0.2) is 4.79 Å². The predicted molar refractivity (Wildman–Crippen MR) is 104 cm³/mol. The maximum atomic E-state index is 12.7. The topological polar surface area (TPSA) is 48.0 Å². The SMILES string of the molecule is Cc1ccc(C)c(CSc2nc(=O)n(Cc3ccco3)c3c2CCC3)c1. The Kier molecular flexibility index (Phi) is 4.72. The van der Waals surface area contributed by atoms with Crippen molar-refractivity contribution in [1.29, 1.82) is 0 Å². The Morgan fingerprint density at radius 1 is 1.23 bits per heavy atom.